The van der Waals surface area contributed by atoms with Crippen LogP contribution in [0.2, 0.25) is 0 Å². The van der Waals surface area contributed by atoms with E-state index >= 15 is 0 Å². The average Bonchev–Trinajstić information content (AvgIpc) is 3.13. The molecule has 6 nitrogen and oxygen atoms in total. The van der Waals surface area contributed by atoms with Gasteiger partial charge in [-0.2, -0.15) is 0 Å². The van der Waals surface area contributed by atoms with Crippen LogP contribution < -0.4 is 15.0 Å². The Balaban J connectivity index is 1.33. The van der Waals surface area contributed by atoms with Crippen LogP contribution in [0.5, 0.6) is 11.5 Å². The van der Waals surface area contributed by atoms with Crippen molar-refractivity contribution in [3.05, 3.63) is 95.1 Å². The van der Waals surface area contributed by atoms with Crippen LogP contribution in [-0.2, 0) is 9.59 Å². The Bertz CT molecular complexity index is 1440. The van der Waals surface area contributed by atoms with Crippen molar-refractivity contribution in [3.8, 4) is 11.5 Å². The number of nitrogens with one attached hydrogen (secondary N) is 1. The van der Waals surface area contributed by atoms with Crippen LogP contribution in [0.3, 0.4) is 0 Å². The summed E-state index contributed by atoms with van der Waals surface area (Å²) in [5.41, 5.74) is 4.55. The summed E-state index contributed by atoms with van der Waals surface area (Å²) in [6, 6.07) is 20.1. The lowest BCUT2D eigenvalue weighted by molar-refractivity contribution is -0.122. The largest absolute Gasteiger partial charge is 0.457 e. The first kappa shape index (κ1) is 25.5. The van der Waals surface area contributed by atoms with Crippen molar-refractivity contribution in [3.63, 3.8) is 0 Å². The lowest BCUT2D eigenvalue weighted by Crippen LogP contribution is -2.33. The van der Waals surface area contributed by atoms with E-state index in [0.29, 0.717) is 35.9 Å². The summed E-state index contributed by atoms with van der Waals surface area (Å²) in [5.74, 6) is 0.226. The second-order valence-corrected chi connectivity index (χ2v) is 10.5. The van der Waals surface area contributed by atoms with Crippen LogP contribution in [0, 0.1) is 18.8 Å². The van der Waals surface area contributed by atoms with Crippen LogP contribution in [0.25, 0.3) is 0 Å². The highest BCUT2D eigenvalue weighted by molar-refractivity contribution is 6.25. The lowest BCUT2D eigenvalue weighted by atomic mass is 9.82. The van der Waals surface area contributed by atoms with E-state index in [4.69, 9.17) is 4.74 Å². The molecule has 0 bridgehead atoms. The summed E-state index contributed by atoms with van der Waals surface area (Å²) < 4.78 is 6.16. The number of carbonyl (C=O) groups excluding carboxylic acids is 3. The maximum absolute atomic E-state index is 13.3. The van der Waals surface area contributed by atoms with Crippen molar-refractivity contribution in [1.29, 1.82) is 0 Å². The third kappa shape index (κ3) is 4.86. The van der Waals surface area contributed by atoms with Crippen molar-refractivity contribution >= 4 is 29.1 Å². The number of aryl methyl sites for hydroxylation is 1. The van der Waals surface area contributed by atoms with E-state index in [0.717, 1.165) is 22.4 Å². The number of hydrogen-bond donors (Lipinski definition) is 1. The Hall–Kier alpha value is -4.19. The molecule has 2 aliphatic rings. The Labute approximate surface area is 223 Å². The molecule has 38 heavy (non-hydrogen) atoms. The van der Waals surface area contributed by atoms with Crippen LogP contribution >= 0.6 is 0 Å². The fraction of sp³-hybridized carbons (Fsp3) is 0.281. The maximum atomic E-state index is 13.3. The van der Waals surface area contributed by atoms with E-state index in [2.05, 4.69) is 31.3 Å². The smallest absolute Gasteiger partial charge is 0.257 e. The van der Waals surface area contributed by atoms with Crippen LogP contribution in [-0.4, -0.2) is 17.7 Å². The molecule has 0 aromatic heterocycles. The van der Waals surface area contributed by atoms with Gasteiger partial charge in [-0.1, -0.05) is 49.8 Å². The van der Waals surface area contributed by atoms with E-state index in [9.17, 15) is 14.4 Å². The first-order valence-electron chi connectivity index (χ1n) is 13.0. The minimum atomic E-state index is -0.389. The van der Waals surface area contributed by atoms with E-state index < -0.39 is 0 Å². The number of imide groups is 1. The monoisotopic (exact) mass is 508 g/mol. The highest BCUT2D eigenvalue weighted by atomic mass is 16.5. The zero-order valence-electron chi connectivity index (χ0n) is 22.2. The lowest BCUT2D eigenvalue weighted by Gasteiger charge is -2.19. The minimum absolute atomic E-state index is 0.230. The predicted octanol–water partition coefficient (Wildman–Crippen LogP) is 7.01. The number of amides is 3. The summed E-state index contributed by atoms with van der Waals surface area (Å²) in [4.78, 5) is 40.9. The quantitative estimate of drug-likeness (QED) is 0.287. The van der Waals surface area contributed by atoms with Gasteiger partial charge in [0.1, 0.15) is 11.5 Å². The Morgan fingerprint density at radius 2 is 1.66 bits per heavy atom. The standard InChI is InChI=1S/C32H32N2O4/c1-19(2)24-15-9-21(4)18-29(24)38-23-13-11-22(12-14-23)33-30(35)26-7-5-6-8-28(26)34-31(36)25-16-10-20(3)17-27(25)32(34)37/h5-15,18-19,25,27H,16-17H2,1-4H3,(H,33,35)/t25-,27+/m1/s1. The molecule has 1 fully saturated rings. The summed E-state index contributed by atoms with van der Waals surface area (Å²) in [6.45, 7) is 8.27. The topological polar surface area (TPSA) is 75.7 Å². The predicted molar refractivity (Wildman–Crippen MR) is 149 cm³/mol. The molecule has 1 aliphatic heterocycles. The molecule has 6 heteroatoms. The zero-order chi connectivity index (χ0) is 27.0. The van der Waals surface area contributed by atoms with Crippen molar-refractivity contribution in [2.45, 2.75) is 46.5 Å². The molecule has 0 spiro atoms. The molecule has 1 saturated heterocycles. The molecule has 0 unspecified atom stereocenters. The molecule has 1 aliphatic carbocycles. The third-order valence-electron chi connectivity index (χ3n) is 7.34. The van der Waals surface area contributed by atoms with E-state index in [-0.39, 0.29) is 35.1 Å². The number of anilines is 2. The van der Waals surface area contributed by atoms with Gasteiger partial charge in [-0.15, -0.1) is 0 Å². The van der Waals surface area contributed by atoms with Gasteiger partial charge in [0.05, 0.1) is 23.1 Å². The number of hydrogen-bond acceptors (Lipinski definition) is 4. The van der Waals surface area contributed by atoms with Crippen molar-refractivity contribution in [2.75, 3.05) is 10.2 Å². The van der Waals surface area contributed by atoms with Crippen molar-refractivity contribution in [2.24, 2.45) is 11.8 Å². The van der Waals surface area contributed by atoms with Gasteiger partial charge in [0.25, 0.3) is 5.91 Å². The van der Waals surface area contributed by atoms with Gasteiger partial charge in [0, 0.05) is 5.69 Å². The number of nitrogens with zero attached hydrogens (tertiary/aromatic N) is 1. The van der Waals surface area contributed by atoms with Gasteiger partial charge in [-0.25, -0.2) is 4.90 Å². The summed E-state index contributed by atoms with van der Waals surface area (Å²) >= 11 is 0. The SMILES string of the molecule is CC1=CC[C@H]2C(=O)N(c3ccccc3C(=O)Nc3ccc(Oc4cc(C)ccc4C(C)C)cc3)C(=O)[C@H]2C1. The Morgan fingerprint density at radius 3 is 2.39 bits per heavy atom. The number of fused-ring (bicyclic) bond motifs is 1. The van der Waals surface area contributed by atoms with E-state index in [1.54, 1.807) is 36.4 Å². The summed E-state index contributed by atoms with van der Waals surface area (Å²) in [5, 5.41) is 2.90. The molecular weight excluding hydrogens is 476 g/mol. The van der Waals surface area contributed by atoms with Crippen molar-refractivity contribution in [1.82, 2.24) is 0 Å². The number of allylic oxidation sites excluding steroid dienone is 2. The molecule has 194 valence electrons. The van der Waals surface area contributed by atoms with Gasteiger partial charge in [-0.05, 0) is 86.2 Å². The molecule has 3 amide bonds. The first-order chi connectivity index (χ1) is 18.2. The molecule has 0 saturated carbocycles. The van der Waals surface area contributed by atoms with E-state index in [1.807, 2.05) is 38.1 Å². The number of para-hydroxylation sites is 1. The normalized spacial score (nSPS) is 18.9. The molecular formula is C32H32N2O4. The molecule has 2 atom stereocenters. The molecule has 1 N–H and O–H groups in total. The Morgan fingerprint density at radius 1 is 0.947 bits per heavy atom. The summed E-state index contributed by atoms with van der Waals surface area (Å²) in [6.07, 6.45) is 3.17. The maximum Gasteiger partial charge on any atom is 0.257 e. The fourth-order valence-electron chi connectivity index (χ4n) is 5.27. The van der Waals surface area contributed by atoms with Crippen molar-refractivity contribution < 1.29 is 19.1 Å². The second kappa shape index (κ2) is 10.3. The zero-order valence-corrected chi connectivity index (χ0v) is 22.2. The van der Waals surface area contributed by atoms with Gasteiger partial charge in [0.2, 0.25) is 11.8 Å². The summed E-state index contributed by atoms with van der Waals surface area (Å²) in [7, 11) is 0. The molecule has 0 radical (unpaired) electrons. The molecule has 3 aromatic rings. The van der Waals surface area contributed by atoms with Crippen LogP contribution in [0.15, 0.2) is 78.4 Å². The molecule has 1 heterocycles. The van der Waals surface area contributed by atoms with Crippen LogP contribution in [0.4, 0.5) is 11.4 Å². The fourth-order valence-corrected chi connectivity index (χ4v) is 5.27. The van der Waals surface area contributed by atoms with Crippen LogP contribution in [0.1, 0.15) is 61.0 Å². The average molecular weight is 509 g/mol. The first-order valence-corrected chi connectivity index (χ1v) is 13.0. The number of benzene rings is 3. The highest BCUT2D eigenvalue weighted by Gasteiger charge is 2.49. The number of carbonyl (C=O) groups is 3. The van der Waals surface area contributed by atoms with Gasteiger partial charge < -0.3 is 10.1 Å². The number of ether oxygens (including phenoxy) is 1. The second-order valence-electron chi connectivity index (χ2n) is 10.5. The van der Waals surface area contributed by atoms with Gasteiger partial charge in [-0.3, -0.25) is 14.4 Å². The highest BCUT2D eigenvalue weighted by Crippen LogP contribution is 2.40. The molecule has 3 aromatic carbocycles. The third-order valence-corrected chi connectivity index (χ3v) is 7.34. The minimum Gasteiger partial charge on any atom is -0.457 e. The van der Waals surface area contributed by atoms with Gasteiger partial charge >= 0.3 is 0 Å². The molecule has 5 rings (SSSR count). The Kier molecular flexibility index (Phi) is 6.89. The number of rotatable bonds is 6. The van der Waals surface area contributed by atoms with Gasteiger partial charge in [0.15, 0.2) is 0 Å². The van der Waals surface area contributed by atoms with E-state index in [1.165, 1.54) is 4.90 Å².